The van der Waals surface area contributed by atoms with E-state index in [2.05, 4.69) is 5.32 Å². The highest BCUT2D eigenvalue weighted by Crippen LogP contribution is 2.24. The van der Waals surface area contributed by atoms with E-state index in [1.165, 1.54) is 12.1 Å². The molecular formula is C12H15ClN4O3. The van der Waals surface area contributed by atoms with Crippen molar-refractivity contribution in [3.8, 4) is 0 Å². The van der Waals surface area contributed by atoms with Crippen LogP contribution in [0.5, 0.6) is 0 Å². The van der Waals surface area contributed by atoms with Gasteiger partial charge in [-0.05, 0) is 11.6 Å². The van der Waals surface area contributed by atoms with Gasteiger partial charge in [0.25, 0.3) is 5.69 Å². The molecule has 0 radical (unpaired) electrons. The Labute approximate surface area is 120 Å². The van der Waals surface area contributed by atoms with Gasteiger partial charge < -0.3 is 11.1 Å². The minimum Gasteiger partial charge on any atom is -0.368 e. The number of carbonyl (C=O) groups excluding carboxylic acids is 1. The minimum absolute atomic E-state index is 0.0505. The highest BCUT2D eigenvalue weighted by molar-refractivity contribution is 6.31. The molecule has 0 bridgehead atoms. The first-order valence-electron chi connectivity index (χ1n) is 6.16. The molecule has 0 aromatic heterocycles. The molecule has 0 aliphatic carbocycles. The van der Waals surface area contributed by atoms with Gasteiger partial charge in [-0.1, -0.05) is 11.6 Å². The van der Waals surface area contributed by atoms with Crippen molar-refractivity contribution in [1.82, 2.24) is 10.2 Å². The molecule has 0 saturated carbocycles. The van der Waals surface area contributed by atoms with E-state index >= 15 is 0 Å². The van der Waals surface area contributed by atoms with Crippen LogP contribution in [0.1, 0.15) is 5.56 Å². The summed E-state index contributed by atoms with van der Waals surface area (Å²) >= 11 is 6.06. The standard InChI is InChI=1S/C12H15ClN4O3/c13-10-5-9(17(19)20)2-1-8(10)7-16-4-3-15-6-11(16)12(14)18/h1-2,5,11,15H,3-4,6-7H2,(H2,14,18). The van der Waals surface area contributed by atoms with E-state index in [0.29, 0.717) is 24.7 Å². The van der Waals surface area contributed by atoms with Crippen LogP contribution in [0, 0.1) is 10.1 Å². The number of nitro groups is 1. The second-order valence-corrected chi connectivity index (χ2v) is 5.03. The third-order valence-corrected chi connectivity index (χ3v) is 3.66. The maximum atomic E-state index is 11.4. The highest BCUT2D eigenvalue weighted by atomic mass is 35.5. The van der Waals surface area contributed by atoms with E-state index in [0.717, 1.165) is 12.1 Å². The van der Waals surface area contributed by atoms with Gasteiger partial charge in [-0.2, -0.15) is 0 Å². The first-order valence-corrected chi connectivity index (χ1v) is 6.53. The molecule has 1 atom stereocenters. The molecule has 8 heteroatoms. The Bertz CT molecular complexity index is 537. The summed E-state index contributed by atoms with van der Waals surface area (Å²) in [5.41, 5.74) is 6.06. The molecule has 1 aromatic carbocycles. The lowest BCUT2D eigenvalue weighted by Gasteiger charge is -2.34. The number of benzene rings is 1. The maximum Gasteiger partial charge on any atom is 0.270 e. The Kier molecular flexibility index (Phi) is 4.53. The van der Waals surface area contributed by atoms with Crippen molar-refractivity contribution >= 4 is 23.2 Å². The third kappa shape index (κ3) is 3.24. The van der Waals surface area contributed by atoms with Gasteiger partial charge in [0.05, 0.1) is 9.95 Å². The zero-order valence-electron chi connectivity index (χ0n) is 10.7. The molecule has 108 valence electrons. The van der Waals surface area contributed by atoms with Crippen LogP contribution in [0.4, 0.5) is 5.69 Å². The van der Waals surface area contributed by atoms with Crippen molar-refractivity contribution in [1.29, 1.82) is 0 Å². The number of nitrogens with one attached hydrogen (secondary N) is 1. The molecule has 1 aliphatic heterocycles. The number of primary amides is 1. The number of nitrogens with zero attached hydrogens (tertiary/aromatic N) is 2. The summed E-state index contributed by atoms with van der Waals surface area (Å²) in [6, 6.07) is 3.94. The minimum atomic E-state index is -0.493. The number of halogens is 1. The second kappa shape index (κ2) is 6.17. The average molecular weight is 299 g/mol. The van der Waals surface area contributed by atoms with Crippen molar-refractivity contribution in [2.75, 3.05) is 19.6 Å². The van der Waals surface area contributed by atoms with Crippen LogP contribution in [0.3, 0.4) is 0 Å². The fraction of sp³-hybridized carbons (Fsp3) is 0.417. The number of carbonyl (C=O) groups is 1. The van der Waals surface area contributed by atoms with E-state index < -0.39 is 16.9 Å². The van der Waals surface area contributed by atoms with Gasteiger partial charge in [0.1, 0.15) is 6.04 Å². The number of nitro benzene ring substituents is 1. The number of amides is 1. The lowest BCUT2D eigenvalue weighted by molar-refractivity contribution is -0.384. The quantitative estimate of drug-likeness (QED) is 0.623. The average Bonchev–Trinajstić information content (AvgIpc) is 2.41. The van der Waals surface area contributed by atoms with Crippen LogP contribution in [-0.4, -0.2) is 41.4 Å². The Morgan fingerprint density at radius 3 is 2.95 bits per heavy atom. The third-order valence-electron chi connectivity index (χ3n) is 3.30. The zero-order valence-corrected chi connectivity index (χ0v) is 11.5. The molecule has 1 unspecified atom stereocenters. The van der Waals surface area contributed by atoms with Crippen molar-refractivity contribution < 1.29 is 9.72 Å². The van der Waals surface area contributed by atoms with Crippen molar-refractivity contribution in [2.45, 2.75) is 12.6 Å². The first-order chi connectivity index (χ1) is 9.49. The number of piperazine rings is 1. The lowest BCUT2D eigenvalue weighted by atomic mass is 10.1. The van der Waals surface area contributed by atoms with Crippen LogP contribution in [0.25, 0.3) is 0 Å². The van der Waals surface area contributed by atoms with E-state index in [9.17, 15) is 14.9 Å². The number of hydrogen-bond acceptors (Lipinski definition) is 5. The molecule has 1 amide bonds. The van der Waals surface area contributed by atoms with Gasteiger partial charge in [-0.3, -0.25) is 19.8 Å². The predicted molar refractivity (Wildman–Crippen MR) is 74.4 cm³/mol. The molecule has 0 spiro atoms. The summed E-state index contributed by atoms with van der Waals surface area (Å²) < 4.78 is 0. The maximum absolute atomic E-state index is 11.4. The number of rotatable bonds is 4. The number of nitrogens with two attached hydrogens (primary N) is 1. The molecule has 2 rings (SSSR count). The summed E-state index contributed by atoms with van der Waals surface area (Å²) in [4.78, 5) is 23.5. The topological polar surface area (TPSA) is 102 Å². The number of non-ortho nitro benzene ring substituents is 1. The lowest BCUT2D eigenvalue weighted by Crippen LogP contribution is -2.56. The number of hydrogen-bond donors (Lipinski definition) is 2. The van der Waals surface area contributed by atoms with Gasteiger partial charge in [0, 0.05) is 38.3 Å². The summed E-state index contributed by atoms with van der Waals surface area (Å²) in [5.74, 6) is -0.393. The van der Waals surface area contributed by atoms with Gasteiger partial charge in [-0.25, -0.2) is 0 Å². The van der Waals surface area contributed by atoms with Gasteiger partial charge in [0.2, 0.25) is 5.91 Å². The van der Waals surface area contributed by atoms with E-state index in [-0.39, 0.29) is 5.69 Å². The molecular weight excluding hydrogens is 284 g/mol. The normalized spacial score (nSPS) is 19.8. The van der Waals surface area contributed by atoms with Crippen molar-refractivity contribution in [2.24, 2.45) is 5.73 Å². The fourth-order valence-corrected chi connectivity index (χ4v) is 2.45. The van der Waals surface area contributed by atoms with Crippen molar-refractivity contribution in [3.63, 3.8) is 0 Å². The first kappa shape index (κ1) is 14.7. The van der Waals surface area contributed by atoms with Crippen LogP contribution in [0.15, 0.2) is 18.2 Å². The SMILES string of the molecule is NC(=O)C1CNCCN1Cc1ccc([N+](=O)[O-])cc1Cl. The molecule has 1 heterocycles. The molecule has 7 nitrogen and oxygen atoms in total. The van der Waals surface area contributed by atoms with Crippen LogP contribution >= 0.6 is 11.6 Å². The Hall–Kier alpha value is -1.70. The van der Waals surface area contributed by atoms with E-state index in [1.54, 1.807) is 6.07 Å². The molecule has 3 N–H and O–H groups in total. The summed E-state index contributed by atoms with van der Waals surface area (Å²) in [5, 5.41) is 14.1. The summed E-state index contributed by atoms with van der Waals surface area (Å²) in [6.07, 6.45) is 0. The van der Waals surface area contributed by atoms with Crippen LogP contribution in [0.2, 0.25) is 5.02 Å². The van der Waals surface area contributed by atoms with Gasteiger partial charge in [0.15, 0.2) is 0 Å². The Morgan fingerprint density at radius 1 is 1.60 bits per heavy atom. The van der Waals surface area contributed by atoms with Crippen LogP contribution in [-0.2, 0) is 11.3 Å². The highest BCUT2D eigenvalue weighted by Gasteiger charge is 2.27. The predicted octanol–water partition coefficient (Wildman–Crippen LogP) is 0.507. The molecule has 1 aromatic rings. The van der Waals surface area contributed by atoms with Gasteiger partial charge >= 0.3 is 0 Å². The van der Waals surface area contributed by atoms with E-state index in [4.69, 9.17) is 17.3 Å². The molecule has 20 heavy (non-hydrogen) atoms. The van der Waals surface area contributed by atoms with Crippen molar-refractivity contribution in [3.05, 3.63) is 38.9 Å². The van der Waals surface area contributed by atoms with E-state index in [1.807, 2.05) is 4.90 Å². The summed E-state index contributed by atoms with van der Waals surface area (Å²) in [7, 11) is 0. The zero-order chi connectivity index (χ0) is 14.7. The van der Waals surface area contributed by atoms with Gasteiger partial charge in [-0.15, -0.1) is 0 Å². The second-order valence-electron chi connectivity index (χ2n) is 4.63. The fourth-order valence-electron chi connectivity index (χ4n) is 2.21. The molecule has 1 fully saturated rings. The Balaban J connectivity index is 2.16. The smallest absolute Gasteiger partial charge is 0.270 e. The molecule has 1 aliphatic rings. The van der Waals surface area contributed by atoms with Crippen LogP contribution < -0.4 is 11.1 Å². The monoisotopic (exact) mass is 298 g/mol. The molecule has 1 saturated heterocycles. The Morgan fingerprint density at radius 2 is 2.35 bits per heavy atom. The largest absolute Gasteiger partial charge is 0.368 e. The summed E-state index contributed by atoms with van der Waals surface area (Å²) in [6.45, 7) is 2.36.